The van der Waals surface area contributed by atoms with Crippen LogP contribution in [0.4, 0.5) is 5.69 Å². The third-order valence-corrected chi connectivity index (χ3v) is 4.06. The van der Waals surface area contributed by atoms with Gasteiger partial charge in [-0.05, 0) is 47.0 Å². The first kappa shape index (κ1) is 16.7. The highest BCUT2D eigenvalue weighted by molar-refractivity contribution is 9.10. The second-order valence-electron chi connectivity index (χ2n) is 5.51. The van der Waals surface area contributed by atoms with Crippen molar-refractivity contribution in [3.05, 3.63) is 46.7 Å². The van der Waals surface area contributed by atoms with Crippen molar-refractivity contribution in [3.63, 3.8) is 0 Å². The minimum atomic E-state index is -0.210. The Labute approximate surface area is 139 Å². The maximum atomic E-state index is 11.9. The van der Waals surface area contributed by atoms with Gasteiger partial charge in [-0.15, -0.1) is 0 Å². The van der Waals surface area contributed by atoms with E-state index in [0.717, 1.165) is 23.1 Å². The van der Waals surface area contributed by atoms with Gasteiger partial charge in [-0.1, -0.05) is 19.1 Å². The number of hydrogen-bond donors (Lipinski definition) is 2. The highest BCUT2D eigenvalue weighted by atomic mass is 79.9. The van der Waals surface area contributed by atoms with E-state index in [1.165, 1.54) is 5.56 Å². The van der Waals surface area contributed by atoms with Crippen molar-refractivity contribution in [2.45, 2.75) is 32.9 Å². The highest BCUT2D eigenvalue weighted by Crippen LogP contribution is 2.13. The van der Waals surface area contributed by atoms with Crippen LogP contribution in [0.25, 0.3) is 0 Å². The molecule has 1 amide bonds. The minimum absolute atomic E-state index is 0.0517. The van der Waals surface area contributed by atoms with E-state index >= 15 is 0 Å². The topological polar surface area (TPSA) is 72.9 Å². The summed E-state index contributed by atoms with van der Waals surface area (Å²) in [6.45, 7) is 4.48. The zero-order valence-corrected chi connectivity index (χ0v) is 14.4. The minimum Gasteiger partial charge on any atom is -0.327 e. The van der Waals surface area contributed by atoms with Gasteiger partial charge in [0.2, 0.25) is 5.91 Å². The van der Waals surface area contributed by atoms with Crippen molar-refractivity contribution in [1.29, 1.82) is 0 Å². The number of nitrogens with one attached hydrogen (secondary N) is 1. The molecule has 2 aromatic rings. The Kier molecular flexibility index (Phi) is 5.74. The van der Waals surface area contributed by atoms with E-state index in [1.807, 2.05) is 49.0 Å². The lowest BCUT2D eigenvalue weighted by atomic mass is 10.0. The number of hydrogen-bond acceptors (Lipinski definition) is 3. The van der Waals surface area contributed by atoms with E-state index in [0.29, 0.717) is 0 Å². The standard InChI is InChI=1S/C16H21BrN4O/c1-11(12(2)18)16(22)20-15-5-3-13(4-6-15)7-8-21-10-14(17)9-19-21/h3-6,9-12H,7-8,18H2,1-2H3,(H,20,22). The summed E-state index contributed by atoms with van der Waals surface area (Å²) in [6, 6.07) is 7.71. The first-order valence-electron chi connectivity index (χ1n) is 7.29. The molecule has 1 aromatic carbocycles. The molecule has 0 radical (unpaired) electrons. The number of aryl methyl sites for hydroxylation is 2. The predicted molar refractivity (Wildman–Crippen MR) is 91.5 cm³/mol. The molecule has 2 unspecified atom stereocenters. The van der Waals surface area contributed by atoms with Crippen molar-refractivity contribution >= 4 is 27.5 Å². The molecule has 2 atom stereocenters. The third-order valence-electron chi connectivity index (χ3n) is 3.66. The average molecular weight is 365 g/mol. The third kappa shape index (κ3) is 4.68. The van der Waals surface area contributed by atoms with E-state index < -0.39 is 0 Å². The normalized spacial score (nSPS) is 13.6. The number of benzene rings is 1. The molecule has 0 bridgehead atoms. The molecule has 0 aliphatic heterocycles. The maximum absolute atomic E-state index is 11.9. The Bertz CT molecular complexity index is 621. The van der Waals surface area contributed by atoms with Gasteiger partial charge in [0.25, 0.3) is 0 Å². The zero-order valence-electron chi connectivity index (χ0n) is 12.8. The van der Waals surface area contributed by atoms with Gasteiger partial charge in [-0.25, -0.2) is 0 Å². The van der Waals surface area contributed by atoms with Crippen LogP contribution >= 0.6 is 15.9 Å². The second-order valence-corrected chi connectivity index (χ2v) is 6.42. The molecule has 1 aromatic heterocycles. The number of nitrogens with zero attached hydrogens (tertiary/aromatic N) is 2. The van der Waals surface area contributed by atoms with E-state index in [9.17, 15) is 4.79 Å². The number of anilines is 1. The van der Waals surface area contributed by atoms with Gasteiger partial charge in [-0.2, -0.15) is 5.10 Å². The number of amides is 1. The van der Waals surface area contributed by atoms with Crippen molar-refractivity contribution in [3.8, 4) is 0 Å². The molecule has 22 heavy (non-hydrogen) atoms. The van der Waals surface area contributed by atoms with Crippen LogP contribution in [0, 0.1) is 5.92 Å². The van der Waals surface area contributed by atoms with E-state index in [4.69, 9.17) is 5.73 Å². The van der Waals surface area contributed by atoms with Crippen LogP contribution < -0.4 is 11.1 Å². The molecular formula is C16H21BrN4O. The van der Waals surface area contributed by atoms with Gasteiger partial charge in [0.1, 0.15) is 0 Å². The quantitative estimate of drug-likeness (QED) is 0.827. The number of halogens is 1. The van der Waals surface area contributed by atoms with Crippen molar-refractivity contribution in [2.75, 3.05) is 5.32 Å². The van der Waals surface area contributed by atoms with Gasteiger partial charge >= 0.3 is 0 Å². The molecule has 5 nitrogen and oxygen atoms in total. The summed E-state index contributed by atoms with van der Waals surface area (Å²) in [7, 11) is 0. The Morgan fingerprint density at radius 1 is 1.36 bits per heavy atom. The monoisotopic (exact) mass is 364 g/mol. The summed E-state index contributed by atoms with van der Waals surface area (Å²) in [5.41, 5.74) is 7.73. The number of rotatable bonds is 6. The number of carbonyl (C=O) groups is 1. The summed E-state index contributed by atoms with van der Waals surface area (Å²) in [6.07, 6.45) is 4.61. The lowest BCUT2D eigenvalue weighted by molar-refractivity contribution is -0.119. The SMILES string of the molecule is CC(N)C(C)C(=O)Nc1ccc(CCn2cc(Br)cn2)cc1. The first-order valence-corrected chi connectivity index (χ1v) is 8.08. The Hall–Kier alpha value is -1.66. The molecule has 0 aliphatic rings. The summed E-state index contributed by atoms with van der Waals surface area (Å²) in [5.74, 6) is -0.262. The summed E-state index contributed by atoms with van der Waals surface area (Å²) in [4.78, 5) is 11.9. The number of nitrogens with two attached hydrogens (primary N) is 1. The smallest absolute Gasteiger partial charge is 0.228 e. The predicted octanol–water partition coefficient (Wildman–Crippen LogP) is 2.81. The fourth-order valence-corrected chi connectivity index (χ4v) is 2.28. The lowest BCUT2D eigenvalue weighted by Gasteiger charge is -2.15. The maximum Gasteiger partial charge on any atom is 0.228 e. The summed E-state index contributed by atoms with van der Waals surface area (Å²) < 4.78 is 2.87. The molecule has 118 valence electrons. The van der Waals surface area contributed by atoms with Crippen molar-refractivity contribution in [1.82, 2.24) is 9.78 Å². The molecule has 0 spiro atoms. The van der Waals surface area contributed by atoms with Gasteiger partial charge in [0.05, 0.1) is 16.6 Å². The zero-order chi connectivity index (χ0) is 16.1. The fraction of sp³-hybridized carbons (Fsp3) is 0.375. The molecule has 3 N–H and O–H groups in total. The largest absolute Gasteiger partial charge is 0.327 e. The Morgan fingerprint density at radius 3 is 2.59 bits per heavy atom. The Balaban J connectivity index is 1.88. The molecule has 0 fully saturated rings. The van der Waals surface area contributed by atoms with E-state index in [-0.39, 0.29) is 17.9 Å². The van der Waals surface area contributed by atoms with Gasteiger partial charge in [0.15, 0.2) is 0 Å². The van der Waals surface area contributed by atoms with Gasteiger partial charge in [0, 0.05) is 24.5 Å². The molecule has 0 saturated carbocycles. The lowest BCUT2D eigenvalue weighted by Crippen LogP contribution is -2.34. The van der Waals surface area contributed by atoms with Crippen LogP contribution in [0.2, 0.25) is 0 Å². The van der Waals surface area contributed by atoms with Crippen LogP contribution in [-0.4, -0.2) is 21.7 Å². The van der Waals surface area contributed by atoms with Gasteiger partial charge < -0.3 is 11.1 Å². The number of carbonyl (C=O) groups excluding carboxylic acids is 1. The molecule has 6 heteroatoms. The van der Waals surface area contributed by atoms with E-state index in [1.54, 1.807) is 6.20 Å². The second kappa shape index (κ2) is 7.56. The van der Waals surface area contributed by atoms with Gasteiger partial charge in [-0.3, -0.25) is 9.48 Å². The summed E-state index contributed by atoms with van der Waals surface area (Å²) >= 11 is 3.38. The van der Waals surface area contributed by atoms with Crippen LogP contribution in [-0.2, 0) is 17.8 Å². The fourth-order valence-electron chi connectivity index (χ4n) is 1.95. The molecule has 0 aliphatic carbocycles. The molecule has 2 rings (SSSR count). The number of aromatic nitrogens is 2. The van der Waals surface area contributed by atoms with Crippen LogP contribution in [0.3, 0.4) is 0 Å². The van der Waals surface area contributed by atoms with Crippen LogP contribution in [0.15, 0.2) is 41.1 Å². The average Bonchev–Trinajstić information content (AvgIpc) is 2.91. The van der Waals surface area contributed by atoms with Crippen LogP contribution in [0.1, 0.15) is 19.4 Å². The van der Waals surface area contributed by atoms with Crippen molar-refractivity contribution in [2.24, 2.45) is 11.7 Å². The summed E-state index contributed by atoms with van der Waals surface area (Å²) in [5, 5.41) is 7.11. The highest BCUT2D eigenvalue weighted by Gasteiger charge is 2.16. The molecule has 1 heterocycles. The Morgan fingerprint density at radius 2 is 2.05 bits per heavy atom. The molecule has 0 saturated heterocycles. The van der Waals surface area contributed by atoms with E-state index in [2.05, 4.69) is 26.3 Å². The first-order chi connectivity index (χ1) is 10.5. The van der Waals surface area contributed by atoms with Crippen LogP contribution in [0.5, 0.6) is 0 Å². The molecular weight excluding hydrogens is 344 g/mol. The van der Waals surface area contributed by atoms with Crippen molar-refractivity contribution < 1.29 is 4.79 Å².